The average Bonchev–Trinajstić information content (AvgIpc) is 2.04. The molecule has 2 aliphatic rings. The van der Waals surface area contributed by atoms with Crippen molar-refractivity contribution in [3.63, 3.8) is 0 Å². The number of aliphatic carboxylic acids is 1. The van der Waals surface area contributed by atoms with Gasteiger partial charge < -0.3 is 10.4 Å². The van der Waals surface area contributed by atoms with Crippen LogP contribution in [0, 0.1) is 11.3 Å². The van der Waals surface area contributed by atoms with Gasteiger partial charge in [-0.15, -0.1) is 0 Å². The van der Waals surface area contributed by atoms with Gasteiger partial charge in [0.15, 0.2) is 0 Å². The molecule has 0 amide bonds. The summed E-state index contributed by atoms with van der Waals surface area (Å²) in [5.41, 5.74) is -0.416. The molecular weight excluding hydrogens is 154 g/mol. The Balaban J connectivity index is 2.17. The van der Waals surface area contributed by atoms with E-state index in [0.717, 1.165) is 25.8 Å². The fourth-order valence-electron chi connectivity index (χ4n) is 2.61. The third-order valence-electron chi connectivity index (χ3n) is 3.30. The van der Waals surface area contributed by atoms with Crippen LogP contribution in [-0.4, -0.2) is 24.2 Å². The lowest BCUT2D eigenvalue weighted by Gasteiger charge is -2.42. The summed E-state index contributed by atoms with van der Waals surface area (Å²) >= 11 is 0. The quantitative estimate of drug-likeness (QED) is 0.612. The highest BCUT2D eigenvalue weighted by Crippen LogP contribution is 2.41. The second-order valence-corrected chi connectivity index (χ2v) is 4.18. The lowest BCUT2D eigenvalue weighted by Crippen LogP contribution is -2.51. The van der Waals surface area contributed by atoms with Crippen LogP contribution in [0.25, 0.3) is 0 Å². The molecule has 3 heteroatoms. The molecule has 0 aromatic carbocycles. The third kappa shape index (κ3) is 1.12. The van der Waals surface area contributed by atoms with Crippen LogP contribution in [0.1, 0.15) is 25.7 Å². The minimum Gasteiger partial charge on any atom is -0.481 e. The fourth-order valence-corrected chi connectivity index (χ4v) is 2.61. The predicted octanol–water partition coefficient (Wildman–Crippen LogP) is 0.851. The first-order chi connectivity index (χ1) is 5.73. The Hall–Kier alpha value is -0.570. The van der Waals surface area contributed by atoms with Gasteiger partial charge in [0.1, 0.15) is 0 Å². The minimum atomic E-state index is -0.598. The van der Waals surface area contributed by atoms with Crippen LogP contribution in [0.5, 0.6) is 0 Å². The van der Waals surface area contributed by atoms with Gasteiger partial charge in [-0.2, -0.15) is 0 Å². The SMILES string of the molecule is O=C(O)[C@@]12CCC[C@H](CNC1)C2. The standard InChI is InChI=1S/C9H15NO2/c11-8(12)9-3-1-2-7(4-9)5-10-6-9/h7,10H,1-6H2,(H,11,12)/t7-,9+/m0/s1. The molecule has 2 N–H and O–H groups in total. The molecule has 2 atom stereocenters. The van der Waals surface area contributed by atoms with Crippen LogP contribution in [0.4, 0.5) is 0 Å². The Bertz CT molecular complexity index is 193. The molecule has 0 unspecified atom stereocenters. The van der Waals surface area contributed by atoms with E-state index in [1.165, 1.54) is 6.42 Å². The molecule has 12 heavy (non-hydrogen) atoms. The first-order valence-corrected chi connectivity index (χ1v) is 4.67. The van der Waals surface area contributed by atoms with E-state index in [-0.39, 0.29) is 0 Å². The number of hydrogen-bond donors (Lipinski definition) is 2. The van der Waals surface area contributed by atoms with Crippen molar-refractivity contribution in [1.29, 1.82) is 0 Å². The molecule has 0 aromatic rings. The summed E-state index contributed by atoms with van der Waals surface area (Å²) in [4.78, 5) is 11.0. The zero-order valence-corrected chi connectivity index (χ0v) is 7.18. The van der Waals surface area contributed by atoms with Gasteiger partial charge in [0.25, 0.3) is 0 Å². The highest BCUT2D eigenvalue weighted by Gasteiger charge is 2.44. The average molecular weight is 169 g/mol. The molecule has 1 saturated heterocycles. The number of carboxylic acid groups (broad SMARTS) is 1. The molecule has 1 heterocycles. The lowest BCUT2D eigenvalue weighted by molar-refractivity contribution is -0.153. The molecule has 0 aromatic heterocycles. The highest BCUT2D eigenvalue weighted by molar-refractivity contribution is 5.75. The number of piperidine rings is 1. The first kappa shape index (κ1) is 8.05. The van der Waals surface area contributed by atoms with Crippen LogP contribution >= 0.6 is 0 Å². The number of nitrogens with one attached hydrogen (secondary N) is 1. The van der Waals surface area contributed by atoms with E-state index in [9.17, 15) is 4.79 Å². The molecule has 1 aliphatic heterocycles. The highest BCUT2D eigenvalue weighted by atomic mass is 16.4. The van der Waals surface area contributed by atoms with E-state index < -0.39 is 11.4 Å². The van der Waals surface area contributed by atoms with Crippen molar-refractivity contribution in [3.8, 4) is 0 Å². The summed E-state index contributed by atoms with van der Waals surface area (Å²) in [6.07, 6.45) is 4.07. The van der Waals surface area contributed by atoms with Gasteiger partial charge in [-0.25, -0.2) is 0 Å². The Morgan fingerprint density at radius 1 is 1.58 bits per heavy atom. The van der Waals surface area contributed by atoms with E-state index in [2.05, 4.69) is 5.32 Å². The molecule has 2 rings (SSSR count). The molecule has 68 valence electrons. The molecule has 1 aliphatic carbocycles. The maximum atomic E-state index is 11.0. The molecular formula is C9H15NO2. The first-order valence-electron chi connectivity index (χ1n) is 4.67. The van der Waals surface area contributed by atoms with Crippen LogP contribution < -0.4 is 5.32 Å². The second-order valence-electron chi connectivity index (χ2n) is 4.18. The number of carboxylic acids is 1. The van der Waals surface area contributed by atoms with Gasteiger partial charge in [0.2, 0.25) is 0 Å². The maximum Gasteiger partial charge on any atom is 0.310 e. The van der Waals surface area contributed by atoms with E-state index in [1.54, 1.807) is 0 Å². The lowest BCUT2D eigenvalue weighted by atomic mass is 9.67. The second kappa shape index (κ2) is 2.73. The van der Waals surface area contributed by atoms with Gasteiger partial charge in [-0.05, 0) is 31.7 Å². The molecule has 3 nitrogen and oxygen atoms in total. The summed E-state index contributed by atoms with van der Waals surface area (Å²) in [6.45, 7) is 1.70. The Kier molecular flexibility index (Phi) is 1.83. The van der Waals surface area contributed by atoms with Crippen molar-refractivity contribution in [2.24, 2.45) is 11.3 Å². The summed E-state index contributed by atoms with van der Waals surface area (Å²) in [5.74, 6) is 0.0167. The molecule has 2 bridgehead atoms. The van der Waals surface area contributed by atoms with Gasteiger partial charge >= 0.3 is 5.97 Å². The Morgan fingerprint density at radius 2 is 2.42 bits per heavy atom. The van der Waals surface area contributed by atoms with E-state index in [0.29, 0.717) is 12.5 Å². The van der Waals surface area contributed by atoms with Crippen molar-refractivity contribution in [2.75, 3.05) is 13.1 Å². The van der Waals surface area contributed by atoms with Crippen LogP contribution in [0.15, 0.2) is 0 Å². The zero-order valence-electron chi connectivity index (χ0n) is 7.18. The molecule has 0 radical (unpaired) electrons. The van der Waals surface area contributed by atoms with Gasteiger partial charge in [0.05, 0.1) is 5.41 Å². The van der Waals surface area contributed by atoms with Crippen LogP contribution in [0.3, 0.4) is 0 Å². The largest absolute Gasteiger partial charge is 0.481 e. The fraction of sp³-hybridized carbons (Fsp3) is 0.889. The summed E-state index contributed by atoms with van der Waals surface area (Å²) < 4.78 is 0. The van der Waals surface area contributed by atoms with Crippen molar-refractivity contribution >= 4 is 5.97 Å². The molecule has 2 fully saturated rings. The minimum absolute atomic E-state index is 0.416. The van der Waals surface area contributed by atoms with Crippen LogP contribution in [0.2, 0.25) is 0 Å². The smallest absolute Gasteiger partial charge is 0.310 e. The Morgan fingerprint density at radius 3 is 3.08 bits per heavy atom. The van der Waals surface area contributed by atoms with Gasteiger partial charge in [0, 0.05) is 6.54 Å². The maximum absolute atomic E-state index is 11.0. The van der Waals surface area contributed by atoms with Crippen molar-refractivity contribution in [1.82, 2.24) is 5.32 Å². The van der Waals surface area contributed by atoms with Crippen molar-refractivity contribution < 1.29 is 9.90 Å². The Labute approximate surface area is 72.2 Å². The van der Waals surface area contributed by atoms with Crippen molar-refractivity contribution in [3.05, 3.63) is 0 Å². The third-order valence-corrected chi connectivity index (χ3v) is 3.30. The van der Waals surface area contributed by atoms with E-state index >= 15 is 0 Å². The number of fused-ring (bicyclic) bond motifs is 2. The van der Waals surface area contributed by atoms with E-state index in [4.69, 9.17) is 5.11 Å². The molecule has 1 saturated carbocycles. The predicted molar refractivity (Wildman–Crippen MR) is 44.9 cm³/mol. The summed E-state index contributed by atoms with van der Waals surface area (Å²) in [7, 11) is 0. The number of carbonyl (C=O) groups is 1. The normalized spacial score (nSPS) is 40.8. The monoisotopic (exact) mass is 169 g/mol. The van der Waals surface area contributed by atoms with Crippen LogP contribution in [-0.2, 0) is 4.79 Å². The topological polar surface area (TPSA) is 49.3 Å². The van der Waals surface area contributed by atoms with Gasteiger partial charge in [-0.3, -0.25) is 4.79 Å². The summed E-state index contributed by atoms with van der Waals surface area (Å²) in [6, 6.07) is 0. The van der Waals surface area contributed by atoms with Crippen molar-refractivity contribution in [2.45, 2.75) is 25.7 Å². The number of rotatable bonds is 1. The summed E-state index contributed by atoms with van der Waals surface area (Å²) in [5, 5.41) is 12.3. The molecule has 0 spiro atoms. The van der Waals surface area contributed by atoms with Gasteiger partial charge in [-0.1, -0.05) is 6.42 Å². The number of hydrogen-bond acceptors (Lipinski definition) is 2. The van der Waals surface area contributed by atoms with E-state index in [1.807, 2.05) is 0 Å². The zero-order chi connectivity index (χ0) is 8.60.